The fourth-order valence-corrected chi connectivity index (χ4v) is 5.26. The maximum Gasteiger partial charge on any atom is 0.355 e. The second-order valence-electron chi connectivity index (χ2n) is 10.4. The third-order valence-electron chi connectivity index (χ3n) is 7.27. The van der Waals surface area contributed by atoms with E-state index < -0.39 is 27.5 Å². The van der Waals surface area contributed by atoms with E-state index in [1.54, 1.807) is 18.2 Å². The minimum absolute atomic E-state index is 0.0198. The number of sulfonamides is 1. The molecule has 1 aliphatic heterocycles. The maximum atomic E-state index is 13.2. The summed E-state index contributed by atoms with van der Waals surface area (Å²) in [6.07, 6.45) is 1.79. The SMILES string of the molecule is CC1(c2cc(Nc3[nH]nc(-c4ccc(NS(=O)(=O)C(F)F)c(OCCc5ccc(F)cc5)c4)c3C(N)=O)no2)CCOCC1. The highest BCUT2D eigenvalue weighted by atomic mass is 32.2. The van der Waals surface area contributed by atoms with E-state index in [4.69, 9.17) is 19.7 Å². The molecule has 0 saturated carbocycles. The normalized spacial score (nSPS) is 14.8. The van der Waals surface area contributed by atoms with Gasteiger partial charge in [0.15, 0.2) is 5.82 Å². The number of H-pyrrole nitrogens is 1. The van der Waals surface area contributed by atoms with Gasteiger partial charge in [-0.1, -0.05) is 30.3 Å². The first-order valence-corrected chi connectivity index (χ1v) is 15.0. The van der Waals surface area contributed by atoms with Gasteiger partial charge in [-0.3, -0.25) is 14.6 Å². The number of alkyl halides is 2. The van der Waals surface area contributed by atoms with E-state index in [2.05, 4.69) is 20.7 Å². The Kier molecular flexibility index (Phi) is 8.82. The summed E-state index contributed by atoms with van der Waals surface area (Å²) in [7, 11) is -5.03. The number of nitrogens with two attached hydrogens (primary N) is 1. The van der Waals surface area contributed by atoms with Crippen LogP contribution in [0.2, 0.25) is 0 Å². The summed E-state index contributed by atoms with van der Waals surface area (Å²) in [4.78, 5) is 12.6. The van der Waals surface area contributed by atoms with Crippen molar-refractivity contribution in [3.63, 3.8) is 0 Å². The van der Waals surface area contributed by atoms with E-state index in [1.165, 1.54) is 30.3 Å². The van der Waals surface area contributed by atoms with Crippen molar-refractivity contribution in [1.82, 2.24) is 15.4 Å². The molecule has 2 aromatic heterocycles. The Hall–Kier alpha value is -4.57. The zero-order chi connectivity index (χ0) is 31.5. The van der Waals surface area contributed by atoms with Crippen LogP contribution in [0.3, 0.4) is 0 Å². The number of hydrogen-bond donors (Lipinski definition) is 4. The number of carbonyl (C=O) groups excluding carboxylic acids is 1. The number of primary amides is 1. The Morgan fingerprint density at radius 1 is 1.16 bits per heavy atom. The van der Waals surface area contributed by atoms with Gasteiger partial charge in [0.1, 0.15) is 34.4 Å². The number of amides is 1. The molecule has 3 heterocycles. The number of nitrogens with zero attached hydrogens (tertiary/aromatic N) is 2. The molecule has 0 bridgehead atoms. The van der Waals surface area contributed by atoms with Crippen molar-refractivity contribution in [2.24, 2.45) is 5.73 Å². The summed E-state index contributed by atoms with van der Waals surface area (Å²) < 4.78 is 81.9. The number of nitrogens with one attached hydrogen (secondary N) is 3. The zero-order valence-corrected chi connectivity index (χ0v) is 24.2. The molecule has 0 spiro atoms. The molecule has 0 atom stereocenters. The smallest absolute Gasteiger partial charge is 0.355 e. The minimum Gasteiger partial charge on any atom is -0.491 e. The summed E-state index contributed by atoms with van der Waals surface area (Å²) in [5, 5.41) is 13.9. The monoisotopic (exact) mass is 634 g/mol. The molecule has 1 amide bonds. The van der Waals surface area contributed by atoms with Crippen molar-refractivity contribution in [3.05, 3.63) is 71.2 Å². The molecule has 5 rings (SSSR count). The molecule has 0 radical (unpaired) electrons. The predicted molar refractivity (Wildman–Crippen MR) is 154 cm³/mol. The third kappa shape index (κ3) is 6.81. The van der Waals surface area contributed by atoms with Crippen molar-refractivity contribution in [2.75, 3.05) is 29.9 Å². The van der Waals surface area contributed by atoms with E-state index in [0.717, 1.165) is 18.4 Å². The van der Waals surface area contributed by atoms with Gasteiger partial charge in [0, 0.05) is 36.7 Å². The summed E-state index contributed by atoms with van der Waals surface area (Å²) >= 11 is 0. The Morgan fingerprint density at radius 2 is 1.89 bits per heavy atom. The van der Waals surface area contributed by atoms with Crippen molar-refractivity contribution >= 4 is 33.3 Å². The molecule has 1 fully saturated rings. The summed E-state index contributed by atoms with van der Waals surface area (Å²) in [6, 6.07) is 11.3. The molecule has 16 heteroatoms. The highest BCUT2D eigenvalue weighted by Gasteiger charge is 2.34. The van der Waals surface area contributed by atoms with Gasteiger partial charge in [0.05, 0.1) is 12.3 Å². The van der Waals surface area contributed by atoms with Crippen molar-refractivity contribution < 1.29 is 40.4 Å². The first-order chi connectivity index (χ1) is 20.9. The zero-order valence-electron chi connectivity index (χ0n) is 23.4. The number of aromatic nitrogens is 3. The molecule has 12 nitrogen and oxygen atoms in total. The molecule has 1 aliphatic rings. The Morgan fingerprint density at radius 3 is 2.57 bits per heavy atom. The Bertz CT molecular complexity index is 1740. The van der Waals surface area contributed by atoms with Crippen LogP contribution in [-0.4, -0.2) is 55.3 Å². The van der Waals surface area contributed by atoms with Gasteiger partial charge in [0.2, 0.25) is 0 Å². The molecule has 44 heavy (non-hydrogen) atoms. The topological polar surface area (TPSA) is 174 Å². The number of anilines is 3. The number of halogens is 3. The number of ether oxygens (including phenoxy) is 2. The van der Waals surface area contributed by atoms with Gasteiger partial charge in [-0.15, -0.1) is 0 Å². The predicted octanol–water partition coefficient (Wildman–Crippen LogP) is 4.70. The number of rotatable bonds is 12. The molecule has 0 unspecified atom stereocenters. The van der Waals surface area contributed by atoms with Crippen molar-refractivity contribution in [3.8, 4) is 17.0 Å². The second-order valence-corrected chi connectivity index (χ2v) is 12.1. The molecule has 0 aliphatic carbocycles. The number of benzene rings is 2. The molecule has 4 aromatic rings. The number of carbonyl (C=O) groups is 1. The Balaban J connectivity index is 1.43. The maximum absolute atomic E-state index is 13.2. The van der Waals surface area contributed by atoms with E-state index in [9.17, 15) is 26.4 Å². The lowest BCUT2D eigenvalue weighted by atomic mass is 9.80. The molecule has 2 aromatic carbocycles. The highest BCUT2D eigenvalue weighted by molar-refractivity contribution is 7.93. The van der Waals surface area contributed by atoms with Crippen LogP contribution in [0, 0.1) is 5.82 Å². The molecular formula is C28H29F3N6O6S. The van der Waals surface area contributed by atoms with E-state index in [1.807, 2.05) is 11.6 Å². The van der Waals surface area contributed by atoms with Gasteiger partial charge in [-0.25, -0.2) is 12.8 Å². The van der Waals surface area contributed by atoms with Gasteiger partial charge in [-0.05, 0) is 42.7 Å². The third-order valence-corrected chi connectivity index (χ3v) is 8.24. The van der Waals surface area contributed by atoms with E-state index >= 15 is 0 Å². The number of hydrogen-bond acceptors (Lipinski definition) is 9. The summed E-state index contributed by atoms with van der Waals surface area (Å²) in [5.41, 5.74) is 6.18. The highest BCUT2D eigenvalue weighted by Crippen LogP contribution is 2.37. The van der Waals surface area contributed by atoms with Gasteiger partial charge < -0.3 is 25.0 Å². The Labute approximate surface area is 250 Å². The molecule has 234 valence electrons. The van der Waals surface area contributed by atoms with Crippen LogP contribution in [0.5, 0.6) is 5.75 Å². The van der Waals surface area contributed by atoms with Gasteiger partial charge in [-0.2, -0.15) is 13.9 Å². The largest absolute Gasteiger partial charge is 0.491 e. The lowest BCUT2D eigenvalue weighted by Crippen LogP contribution is -2.30. The summed E-state index contributed by atoms with van der Waals surface area (Å²) in [5.74, 6) is -4.01. The lowest BCUT2D eigenvalue weighted by molar-refractivity contribution is 0.0467. The second kappa shape index (κ2) is 12.6. The molecule has 1 saturated heterocycles. The van der Waals surface area contributed by atoms with Crippen LogP contribution in [0.1, 0.15) is 41.4 Å². The molecule has 5 N–H and O–H groups in total. The minimum atomic E-state index is -5.03. The van der Waals surface area contributed by atoms with Crippen LogP contribution in [0.25, 0.3) is 11.3 Å². The van der Waals surface area contributed by atoms with Crippen molar-refractivity contribution in [2.45, 2.75) is 37.4 Å². The van der Waals surface area contributed by atoms with Crippen molar-refractivity contribution in [1.29, 1.82) is 0 Å². The van der Waals surface area contributed by atoms with E-state index in [-0.39, 0.29) is 46.1 Å². The lowest BCUT2D eigenvalue weighted by Gasteiger charge is -2.30. The van der Waals surface area contributed by atoms with Crippen LogP contribution in [-0.2, 0) is 26.6 Å². The average Bonchev–Trinajstić information content (AvgIpc) is 3.63. The van der Waals surface area contributed by atoms with Gasteiger partial charge >= 0.3 is 5.76 Å². The van der Waals surface area contributed by atoms with Crippen LogP contribution in [0.15, 0.2) is 53.1 Å². The summed E-state index contributed by atoms with van der Waals surface area (Å²) in [6.45, 7) is 3.22. The van der Waals surface area contributed by atoms with E-state index in [0.29, 0.717) is 31.2 Å². The molecular weight excluding hydrogens is 605 g/mol. The standard InChI is InChI=1S/C28H29F3N6O6S/c1-28(9-12-41-13-10-28)21-15-22(36-43-21)33-26-23(25(32)38)24(34-35-26)17-4-7-19(37-44(39,40)27(30)31)20(14-17)42-11-8-16-2-5-18(29)6-3-16/h2-7,14-15,27,37H,8-13H2,1H3,(H2,32,38)(H2,33,34,35,36). The average molecular weight is 635 g/mol. The fraction of sp³-hybridized carbons (Fsp3) is 0.321. The fourth-order valence-electron chi connectivity index (χ4n) is 4.70. The van der Waals surface area contributed by atoms with Crippen LogP contribution >= 0.6 is 0 Å². The number of aromatic amines is 1. The van der Waals surface area contributed by atoms with Crippen LogP contribution < -0.4 is 20.5 Å². The van der Waals surface area contributed by atoms with Crippen LogP contribution in [0.4, 0.5) is 30.5 Å². The first kappa shape index (κ1) is 30.9. The van der Waals surface area contributed by atoms with Gasteiger partial charge in [0.25, 0.3) is 15.9 Å². The quantitative estimate of drug-likeness (QED) is 0.172. The first-order valence-electron chi connectivity index (χ1n) is 13.5.